The zero-order chi connectivity index (χ0) is 15.0. The number of anilines is 1. The number of benzene rings is 1. The third kappa shape index (κ3) is 1.94. The van der Waals surface area contributed by atoms with Gasteiger partial charge in [0.25, 0.3) is 0 Å². The number of nitriles is 1. The lowest BCUT2D eigenvalue weighted by Gasteiger charge is -1.99. The van der Waals surface area contributed by atoms with Gasteiger partial charge in [0.2, 0.25) is 0 Å². The van der Waals surface area contributed by atoms with E-state index < -0.39 is 0 Å². The molecule has 0 atom stereocenters. The quantitative estimate of drug-likeness (QED) is 0.729. The van der Waals surface area contributed by atoms with Crippen LogP contribution in [0.15, 0.2) is 24.5 Å². The molecule has 0 saturated carbocycles. The molecule has 0 radical (unpaired) electrons. The second-order valence-corrected chi connectivity index (χ2v) is 4.64. The molecule has 0 unspecified atom stereocenters. The van der Waals surface area contributed by atoms with Crippen LogP contribution in [0.4, 0.5) is 5.82 Å². The summed E-state index contributed by atoms with van der Waals surface area (Å²) in [5.41, 5.74) is 9.14. The van der Waals surface area contributed by atoms with Crippen LogP contribution in [-0.4, -0.2) is 25.6 Å². The van der Waals surface area contributed by atoms with Gasteiger partial charge in [-0.1, -0.05) is 6.07 Å². The van der Waals surface area contributed by atoms with Crippen LogP contribution in [0.25, 0.3) is 22.3 Å². The number of fused-ring (bicyclic) bond motifs is 1. The Labute approximate surface area is 120 Å². The number of nitrogen functional groups attached to an aromatic ring is 1. The number of imidazole rings is 1. The minimum atomic E-state index is -0.00148. The maximum absolute atomic E-state index is 11.3. The maximum atomic E-state index is 11.3. The highest BCUT2D eigenvalue weighted by Gasteiger charge is 2.17. The smallest absolute Gasteiger partial charge is 0.156 e. The molecule has 104 valence electrons. The number of rotatable bonds is 3. The van der Waals surface area contributed by atoms with Gasteiger partial charge in [0.1, 0.15) is 18.1 Å². The summed E-state index contributed by atoms with van der Waals surface area (Å²) in [6.07, 6.45) is 2.38. The molecule has 1 aromatic carbocycles. The van der Waals surface area contributed by atoms with E-state index in [0.29, 0.717) is 17.5 Å². The highest BCUT2D eigenvalue weighted by atomic mass is 16.1. The summed E-state index contributed by atoms with van der Waals surface area (Å²) in [5.74, 6) is 0.197. The highest BCUT2D eigenvalue weighted by molar-refractivity contribution is 5.93. The van der Waals surface area contributed by atoms with Crippen molar-refractivity contribution in [2.75, 3.05) is 5.73 Å². The summed E-state index contributed by atoms with van der Waals surface area (Å²) in [6.45, 7) is -0.00148. The van der Waals surface area contributed by atoms with Gasteiger partial charge in [-0.15, -0.1) is 0 Å². The lowest BCUT2D eigenvalue weighted by atomic mass is 10.1. The molecule has 0 aliphatic heterocycles. The number of hydrogen-bond acceptors (Lipinski definition) is 5. The summed E-state index contributed by atoms with van der Waals surface area (Å²) in [4.78, 5) is 15.6. The van der Waals surface area contributed by atoms with Gasteiger partial charge in [0, 0.05) is 12.6 Å². The lowest BCUT2D eigenvalue weighted by Crippen LogP contribution is -2.03. The SMILES string of the molecule is Cn1cnc2cc(-c3nn(CC#N)c(N)c3C=O)ccc21. The lowest BCUT2D eigenvalue weighted by molar-refractivity contribution is 0.112. The number of aryl methyl sites for hydroxylation is 1. The number of nitrogens with two attached hydrogens (primary N) is 1. The number of nitrogens with zero attached hydrogens (tertiary/aromatic N) is 5. The van der Waals surface area contributed by atoms with Gasteiger partial charge in [0.05, 0.1) is 29.0 Å². The number of aldehydes is 1. The van der Waals surface area contributed by atoms with E-state index in [1.165, 1.54) is 4.68 Å². The second kappa shape index (κ2) is 4.76. The van der Waals surface area contributed by atoms with Crippen molar-refractivity contribution >= 4 is 23.1 Å². The van der Waals surface area contributed by atoms with Gasteiger partial charge in [-0.05, 0) is 12.1 Å². The molecule has 0 spiro atoms. The largest absolute Gasteiger partial charge is 0.383 e. The Hall–Kier alpha value is -3.14. The van der Waals surface area contributed by atoms with Crippen molar-refractivity contribution in [3.8, 4) is 17.3 Å². The molecule has 3 aromatic rings. The van der Waals surface area contributed by atoms with Crippen molar-refractivity contribution in [3.63, 3.8) is 0 Å². The molecule has 0 bridgehead atoms. The molecule has 0 aliphatic carbocycles. The van der Waals surface area contributed by atoms with E-state index in [1.54, 1.807) is 6.33 Å². The van der Waals surface area contributed by atoms with E-state index in [2.05, 4.69) is 10.1 Å². The minimum absolute atomic E-state index is 0.00148. The number of carbonyl (C=O) groups excluding carboxylic acids is 1. The molecule has 21 heavy (non-hydrogen) atoms. The van der Waals surface area contributed by atoms with Gasteiger partial charge in [-0.25, -0.2) is 9.67 Å². The molecule has 7 nitrogen and oxygen atoms in total. The Balaban J connectivity index is 2.19. The third-order valence-corrected chi connectivity index (χ3v) is 3.37. The Morgan fingerprint density at radius 2 is 2.29 bits per heavy atom. The standard InChI is InChI=1S/C14H12N6O/c1-19-8-17-11-6-9(2-3-12(11)19)13-10(7-21)14(16)20(18-13)5-4-15/h2-3,6-8H,5,16H2,1H3. The first-order chi connectivity index (χ1) is 10.2. The molecule has 0 aliphatic rings. The minimum Gasteiger partial charge on any atom is -0.383 e. The normalized spacial score (nSPS) is 10.7. The molecule has 0 amide bonds. The van der Waals surface area contributed by atoms with Crippen molar-refractivity contribution in [2.24, 2.45) is 7.05 Å². The van der Waals surface area contributed by atoms with E-state index in [4.69, 9.17) is 11.0 Å². The maximum Gasteiger partial charge on any atom is 0.156 e. The molecule has 2 heterocycles. The van der Waals surface area contributed by atoms with Crippen molar-refractivity contribution in [1.29, 1.82) is 5.26 Å². The fourth-order valence-electron chi connectivity index (χ4n) is 2.29. The first-order valence-corrected chi connectivity index (χ1v) is 6.25. The third-order valence-electron chi connectivity index (χ3n) is 3.37. The van der Waals surface area contributed by atoms with Crippen LogP contribution in [0.1, 0.15) is 10.4 Å². The Morgan fingerprint density at radius 3 is 3.00 bits per heavy atom. The monoisotopic (exact) mass is 280 g/mol. The van der Waals surface area contributed by atoms with Crippen LogP contribution in [0.3, 0.4) is 0 Å². The predicted molar refractivity (Wildman–Crippen MR) is 77.3 cm³/mol. The topological polar surface area (TPSA) is 103 Å². The first-order valence-electron chi connectivity index (χ1n) is 6.25. The Kier molecular flexibility index (Phi) is 2.92. The fraction of sp³-hybridized carbons (Fsp3) is 0.143. The van der Waals surface area contributed by atoms with Gasteiger partial charge >= 0.3 is 0 Å². The summed E-state index contributed by atoms with van der Waals surface area (Å²) < 4.78 is 3.23. The van der Waals surface area contributed by atoms with Crippen molar-refractivity contribution in [2.45, 2.75) is 6.54 Å². The van der Waals surface area contributed by atoms with Crippen LogP contribution in [0.2, 0.25) is 0 Å². The average Bonchev–Trinajstić information content (AvgIpc) is 3.01. The number of carbonyl (C=O) groups is 1. The first kappa shape index (κ1) is 12.9. The molecule has 2 N–H and O–H groups in total. The van der Waals surface area contributed by atoms with Crippen LogP contribution in [0.5, 0.6) is 0 Å². The van der Waals surface area contributed by atoms with Gasteiger partial charge in [-0.2, -0.15) is 10.4 Å². The van der Waals surface area contributed by atoms with E-state index in [0.717, 1.165) is 16.6 Å². The second-order valence-electron chi connectivity index (χ2n) is 4.64. The van der Waals surface area contributed by atoms with E-state index in [-0.39, 0.29) is 12.4 Å². The van der Waals surface area contributed by atoms with Gasteiger partial charge in [0.15, 0.2) is 6.29 Å². The molecule has 2 aromatic heterocycles. The molecular weight excluding hydrogens is 268 g/mol. The molecule has 7 heteroatoms. The predicted octanol–water partition coefficient (Wildman–Crippen LogP) is 1.36. The highest BCUT2D eigenvalue weighted by Crippen LogP contribution is 2.28. The molecule has 0 fully saturated rings. The molecule has 3 rings (SSSR count). The zero-order valence-electron chi connectivity index (χ0n) is 11.3. The average molecular weight is 280 g/mol. The summed E-state index contributed by atoms with van der Waals surface area (Å²) >= 11 is 0. The van der Waals surface area contributed by atoms with Crippen molar-refractivity contribution in [3.05, 3.63) is 30.1 Å². The fourth-order valence-corrected chi connectivity index (χ4v) is 2.29. The Bertz CT molecular complexity index is 883. The summed E-state index contributed by atoms with van der Waals surface area (Å²) in [7, 11) is 1.91. The summed E-state index contributed by atoms with van der Waals surface area (Å²) in [6, 6.07) is 7.58. The number of aromatic nitrogens is 4. The van der Waals surface area contributed by atoms with Crippen LogP contribution < -0.4 is 5.73 Å². The van der Waals surface area contributed by atoms with Crippen molar-refractivity contribution in [1.82, 2.24) is 19.3 Å². The van der Waals surface area contributed by atoms with Crippen molar-refractivity contribution < 1.29 is 4.79 Å². The van der Waals surface area contributed by atoms with E-state index in [9.17, 15) is 4.79 Å². The van der Waals surface area contributed by atoms with Gasteiger partial charge < -0.3 is 10.3 Å². The van der Waals surface area contributed by atoms with Crippen LogP contribution in [0, 0.1) is 11.3 Å². The zero-order valence-corrected chi connectivity index (χ0v) is 11.3. The molecule has 0 saturated heterocycles. The number of hydrogen-bond donors (Lipinski definition) is 1. The summed E-state index contributed by atoms with van der Waals surface area (Å²) in [5, 5.41) is 13.0. The van der Waals surface area contributed by atoms with Crippen LogP contribution in [-0.2, 0) is 13.6 Å². The van der Waals surface area contributed by atoms with Gasteiger partial charge in [-0.3, -0.25) is 4.79 Å². The van der Waals surface area contributed by atoms with E-state index >= 15 is 0 Å². The molecular formula is C14H12N6O. The Morgan fingerprint density at radius 1 is 1.48 bits per heavy atom. The van der Waals surface area contributed by atoms with Crippen LogP contribution >= 0.6 is 0 Å². The van der Waals surface area contributed by atoms with E-state index in [1.807, 2.05) is 35.9 Å².